The molecule has 32 heavy (non-hydrogen) atoms. The minimum Gasteiger partial charge on any atom is -0.384 e. The average molecular weight is 457 g/mol. The predicted octanol–water partition coefficient (Wildman–Crippen LogP) is 4.28. The van der Waals surface area contributed by atoms with Crippen molar-refractivity contribution < 1.29 is 9.47 Å². The third kappa shape index (κ3) is 5.26. The van der Waals surface area contributed by atoms with Gasteiger partial charge in [0.25, 0.3) is 0 Å². The topological polar surface area (TPSA) is 66.9 Å². The number of ether oxygens (including phenoxy) is 2. The molecule has 1 spiro atoms. The monoisotopic (exact) mass is 456 g/mol. The Labute approximate surface area is 195 Å². The summed E-state index contributed by atoms with van der Waals surface area (Å²) in [5.41, 5.74) is 5.72. The molecule has 2 heterocycles. The van der Waals surface area contributed by atoms with Crippen LogP contribution in [0, 0.1) is 0 Å². The maximum absolute atomic E-state index is 6.18. The summed E-state index contributed by atoms with van der Waals surface area (Å²) in [5, 5.41) is 11.8. The van der Waals surface area contributed by atoms with E-state index >= 15 is 0 Å². The summed E-state index contributed by atoms with van der Waals surface area (Å²) < 4.78 is 10.7. The Morgan fingerprint density at radius 3 is 2.31 bits per heavy atom. The summed E-state index contributed by atoms with van der Waals surface area (Å²) >= 11 is 6.18. The highest BCUT2D eigenvalue weighted by Gasteiger charge is 2.41. The van der Waals surface area contributed by atoms with Crippen molar-refractivity contribution in [2.24, 2.45) is 4.99 Å². The quantitative estimate of drug-likeness (QED) is 0.553. The number of nitrogens with one attached hydrogen (secondary N) is 3. The van der Waals surface area contributed by atoms with Crippen molar-refractivity contribution in [1.29, 1.82) is 0 Å². The zero-order chi connectivity index (χ0) is 22.4. The fourth-order valence-corrected chi connectivity index (χ4v) is 4.77. The molecule has 0 unspecified atom stereocenters. The van der Waals surface area contributed by atoms with Gasteiger partial charge in [-0.1, -0.05) is 23.7 Å². The molecule has 0 bridgehead atoms. The van der Waals surface area contributed by atoms with Crippen LogP contribution in [0.3, 0.4) is 0 Å². The SMILES string of the molecule is COCCc1cc2c(cc1CCOC)NC1(CCNCC1)C(=NCc1cccc(Cl)c1)N2. The lowest BCUT2D eigenvalue weighted by Crippen LogP contribution is -2.57. The minimum absolute atomic E-state index is 0.191. The van der Waals surface area contributed by atoms with Gasteiger partial charge in [0.2, 0.25) is 0 Å². The van der Waals surface area contributed by atoms with Gasteiger partial charge in [0.05, 0.1) is 36.7 Å². The molecule has 2 aromatic carbocycles. The lowest BCUT2D eigenvalue weighted by molar-refractivity contribution is 0.198. The number of rotatable bonds is 8. The van der Waals surface area contributed by atoms with E-state index in [0.717, 1.165) is 66.6 Å². The zero-order valence-electron chi connectivity index (χ0n) is 19.0. The zero-order valence-corrected chi connectivity index (χ0v) is 19.7. The number of hydrogen-bond acceptors (Lipinski definition) is 5. The first-order chi connectivity index (χ1) is 15.6. The van der Waals surface area contributed by atoms with E-state index in [2.05, 4.69) is 34.1 Å². The van der Waals surface area contributed by atoms with Crippen molar-refractivity contribution >= 4 is 28.8 Å². The third-order valence-corrected chi connectivity index (χ3v) is 6.57. The Balaban J connectivity index is 1.67. The molecule has 2 aromatic rings. The van der Waals surface area contributed by atoms with Crippen LogP contribution < -0.4 is 16.0 Å². The van der Waals surface area contributed by atoms with E-state index in [9.17, 15) is 0 Å². The summed E-state index contributed by atoms with van der Waals surface area (Å²) in [6.07, 6.45) is 3.71. The van der Waals surface area contributed by atoms with Crippen LogP contribution in [0.1, 0.15) is 29.5 Å². The van der Waals surface area contributed by atoms with Crippen LogP contribution in [-0.4, -0.2) is 51.9 Å². The van der Waals surface area contributed by atoms with Crippen LogP contribution in [-0.2, 0) is 28.9 Å². The summed E-state index contributed by atoms with van der Waals surface area (Å²) in [6.45, 7) is 3.91. The van der Waals surface area contributed by atoms with Crippen molar-refractivity contribution in [1.82, 2.24) is 5.32 Å². The normalized spacial score (nSPS) is 18.3. The molecular formula is C25H33ClN4O2. The maximum Gasteiger partial charge on any atom is 0.127 e. The van der Waals surface area contributed by atoms with Gasteiger partial charge in [-0.05, 0) is 79.7 Å². The van der Waals surface area contributed by atoms with Crippen molar-refractivity contribution in [3.63, 3.8) is 0 Å². The van der Waals surface area contributed by atoms with Crippen molar-refractivity contribution in [3.05, 3.63) is 58.1 Å². The molecule has 0 atom stereocenters. The van der Waals surface area contributed by atoms with E-state index in [1.54, 1.807) is 14.2 Å². The second-order valence-electron chi connectivity index (χ2n) is 8.53. The van der Waals surface area contributed by atoms with Gasteiger partial charge in [-0.15, -0.1) is 0 Å². The second kappa shape index (κ2) is 10.7. The van der Waals surface area contributed by atoms with Crippen molar-refractivity contribution in [2.75, 3.05) is 51.2 Å². The van der Waals surface area contributed by atoms with E-state index in [4.69, 9.17) is 26.1 Å². The van der Waals surface area contributed by atoms with Gasteiger partial charge in [-0.2, -0.15) is 0 Å². The van der Waals surface area contributed by atoms with Crippen LogP contribution in [0.25, 0.3) is 0 Å². The number of halogens is 1. The van der Waals surface area contributed by atoms with Gasteiger partial charge < -0.3 is 25.4 Å². The minimum atomic E-state index is -0.191. The molecule has 3 N–H and O–H groups in total. The molecule has 2 aliphatic rings. The van der Waals surface area contributed by atoms with E-state index < -0.39 is 0 Å². The Hall–Kier alpha value is -2.12. The summed E-state index contributed by atoms with van der Waals surface area (Å²) in [6, 6.07) is 12.4. The molecule has 0 aliphatic carbocycles. The van der Waals surface area contributed by atoms with Crippen molar-refractivity contribution in [2.45, 2.75) is 37.8 Å². The first-order valence-corrected chi connectivity index (χ1v) is 11.7. The molecule has 2 aliphatic heterocycles. The number of nitrogens with zero attached hydrogens (tertiary/aromatic N) is 1. The number of amidine groups is 1. The van der Waals surface area contributed by atoms with Gasteiger partial charge in [0.1, 0.15) is 5.84 Å². The molecule has 1 saturated heterocycles. The number of anilines is 2. The van der Waals surface area contributed by atoms with Crippen molar-refractivity contribution in [3.8, 4) is 0 Å². The van der Waals surface area contributed by atoms with E-state index in [1.165, 1.54) is 11.1 Å². The van der Waals surface area contributed by atoms with E-state index in [1.807, 2.05) is 18.2 Å². The summed E-state index contributed by atoms with van der Waals surface area (Å²) in [5.74, 6) is 1.01. The number of aliphatic imine (C=N–C) groups is 1. The lowest BCUT2D eigenvalue weighted by atomic mass is 9.84. The lowest BCUT2D eigenvalue weighted by Gasteiger charge is -2.44. The molecule has 6 nitrogen and oxygen atoms in total. The molecule has 4 rings (SSSR count). The highest BCUT2D eigenvalue weighted by molar-refractivity contribution is 6.30. The van der Waals surface area contributed by atoms with Gasteiger partial charge in [-0.3, -0.25) is 4.99 Å². The Kier molecular flexibility index (Phi) is 7.68. The fourth-order valence-electron chi connectivity index (χ4n) is 4.56. The van der Waals surface area contributed by atoms with Gasteiger partial charge in [-0.25, -0.2) is 0 Å². The molecule has 0 amide bonds. The molecule has 7 heteroatoms. The second-order valence-corrected chi connectivity index (χ2v) is 8.97. The number of piperidine rings is 1. The van der Waals surface area contributed by atoms with E-state index in [-0.39, 0.29) is 5.54 Å². The average Bonchev–Trinajstić information content (AvgIpc) is 2.80. The number of methoxy groups -OCH3 is 2. The van der Waals surface area contributed by atoms with Gasteiger partial charge in [0.15, 0.2) is 0 Å². The van der Waals surface area contributed by atoms with Gasteiger partial charge >= 0.3 is 0 Å². The molecule has 172 valence electrons. The largest absolute Gasteiger partial charge is 0.384 e. The number of hydrogen-bond donors (Lipinski definition) is 3. The molecule has 0 saturated carbocycles. The molecule has 1 fully saturated rings. The maximum atomic E-state index is 6.18. The first kappa shape index (κ1) is 23.1. The fraction of sp³-hybridized carbons (Fsp3) is 0.480. The Bertz CT molecular complexity index is 957. The van der Waals surface area contributed by atoms with Crippen LogP contribution in [0.5, 0.6) is 0 Å². The standard InChI is InChI=1S/C25H33ClN4O2/c1-31-12-6-19-15-22-23(16-20(19)7-13-32-2)30-25(8-10-27-11-9-25)24(29-22)28-17-18-4-3-5-21(26)14-18/h3-5,14-16,27,30H,6-13,17H2,1-2H3,(H,28,29). The first-order valence-electron chi connectivity index (χ1n) is 11.3. The molecule has 0 aromatic heterocycles. The van der Waals surface area contributed by atoms with Crippen LogP contribution >= 0.6 is 11.6 Å². The van der Waals surface area contributed by atoms with E-state index in [0.29, 0.717) is 19.8 Å². The highest BCUT2D eigenvalue weighted by atomic mass is 35.5. The Morgan fingerprint density at radius 2 is 1.66 bits per heavy atom. The summed E-state index contributed by atoms with van der Waals surface area (Å²) in [4.78, 5) is 5.05. The van der Waals surface area contributed by atoms with Gasteiger partial charge in [0, 0.05) is 19.2 Å². The highest BCUT2D eigenvalue weighted by Crippen LogP contribution is 2.38. The molecular weight excluding hydrogens is 424 g/mol. The third-order valence-electron chi connectivity index (χ3n) is 6.34. The van der Waals surface area contributed by atoms with Crippen LogP contribution in [0.2, 0.25) is 5.02 Å². The summed E-state index contributed by atoms with van der Waals surface area (Å²) in [7, 11) is 3.49. The van der Waals surface area contributed by atoms with Crippen LogP contribution in [0.15, 0.2) is 41.4 Å². The smallest absolute Gasteiger partial charge is 0.127 e. The van der Waals surface area contributed by atoms with Crippen LogP contribution in [0.4, 0.5) is 11.4 Å². The Morgan fingerprint density at radius 1 is 0.969 bits per heavy atom. The number of fused-ring (bicyclic) bond motifs is 1. The predicted molar refractivity (Wildman–Crippen MR) is 132 cm³/mol. The molecule has 0 radical (unpaired) electrons. The number of benzene rings is 2.